The van der Waals surface area contributed by atoms with Crippen LogP contribution < -0.4 is 4.74 Å². The molecule has 0 aliphatic heterocycles. The minimum Gasteiger partial charge on any atom is -0.474 e. The molecule has 0 aromatic carbocycles. The van der Waals surface area contributed by atoms with Gasteiger partial charge in [0, 0.05) is 10.8 Å². The van der Waals surface area contributed by atoms with E-state index in [1.165, 1.54) is 29.7 Å². The first-order valence-corrected chi connectivity index (χ1v) is 10.3. The van der Waals surface area contributed by atoms with Crippen molar-refractivity contribution >= 4 is 21.6 Å². The second-order valence-corrected chi connectivity index (χ2v) is 8.10. The van der Waals surface area contributed by atoms with Crippen molar-refractivity contribution in [3.8, 4) is 5.88 Å². The average molecular weight is 359 g/mol. The number of ether oxygens (including phenoxy) is 2. The zero-order chi connectivity index (χ0) is 17.1. The van der Waals surface area contributed by atoms with E-state index in [0.29, 0.717) is 18.6 Å². The van der Waals surface area contributed by atoms with Gasteiger partial charge in [-0.1, -0.05) is 18.6 Å². The van der Waals surface area contributed by atoms with Gasteiger partial charge in [0.25, 0.3) is 0 Å². The van der Waals surface area contributed by atoms with Crippen LogP contribution in [0.4, 0.5) is 0 Å². The molecular formula is C20H26N2O2S. The first-order chi connectivity index (χ1) is 12.4. The van der Waals surface area contributed by atoms with Gasteiger partial charge in [-0.05, 0) is 51.0 Å². The van der Waals surface area contributed by atoms with E-state index < -0.39 is 0 Å². The van der Waals surface area contributed by atoms with Gasteiger partial charge in [0.15, 0.2) is 0 Å². The van der Waals surface area contributed by atoms with Crippen LogP contribution in [0.5, 0.6) is 5.88 Å². The van der Waals surface area contributed by atoms with E-state index in [1.54, 1.807) is 6.33 Å². The number of aryl methyl sites for hydroxylation is 1. The summed E-state index contributed by atoms with van der Waals surface area (Å²) in [4.78, 5) is 11.6. The first-order valence-electron chi connectivity index (χ1n) is 9.48. The third-order valence-corrected chi connectivity index (χ3v) is 6.47. The summed E-state index contributed by atoms with van der Waals surface area (Å²) in [5.74, 6) is 1.24. The van der Waals surface area contributed by atoms with E-state index in [0.717, 1.165) is 48.4 Å². The number of rotatable bonds is 6. The lowest BCUT2D eigenvalue weighted by molar-refractivity contribution is 0.145. The highest BCUT2D eigenvalue weighted by molar-refractivity contribution is 7.19. The molecule has 0 amide bonds. The van der Waals surface area contributed by atoms with Crippen molar-refractivity contribution in [1.82, 2.24) is 9.97 Å². The fourth-order valence-corrected chi connectivity index (χ4v) is 5.24. The molecule has 2 aliphatic carbocycles. The van der Waals surface area contributed by atoms with Gasteiger partial charge in [0.1, 0.15) is 17.3 Å². The largest absolute Gasteiger partial charge is 0.474 e. The highest BCUT2D eigenvalue weighted by Crippen LogP contribution is 2.46. The van der Waals surface area contributed by atoms with Crippen LogP contribution in [-0.2, 0) is 11.2 Å². The Balaban J connectivity index is 1.59. The Hall–Kier alpha value is -1.46. The number of thiophene rings is 1. The SMILES string of the molecule is C/C=C/COC[C@H]1CCc2sc3ncnc(OC4CCCCC4)c3c21. The zero-order valence-electron chi connectivity index (χ0n) is 14.9. The van der Waals surface area contributed by atoms with E-state index >= 15 is 0 Å². The molecule has 25 heavy (non-hydrogen) atoms. The van der Waals surface area contributed by atoms with Gasteiger partial charge in [-0.2, -0.15) is 0 Å². The Morgan fingerprint density at radius 1 is 1.20 bits per heavy atom. The summed E-state index contributed by atoms with van der Waals surface area (Å²) in [7, 11) is 0. The molecule has 4 rings (SSSR count). The van der Waals surface area contributed by atoms with Crippen molar-refractivity contribution in [3.63, 3.8) is 0 Å². The van der Waals surface area contributed by atoms with Crippen LogP contribution in [0, 0.1) is 0 Å². The molecule has 2 aliphatic rings. The molecule has 1 fully saturated rings. The lowest BCUT2D eigenvalue weighted by Gasteiger charge is -2.23. The molecule has 0 saturated heterocycles. The van der Waals surface area contributed by atoms with Crippen LogP contribution in [0.15, 0.2) is 18.5 Å². The van der Waals surface area contributed by atoms with Gasteiger partial charge in [-0.25, -0.2) is 9.97 Å². The molecule has 0 bridgehead atoms. The lowest BCUT2D eigenvalue weighted by Crippen LogP contribution is -2.20. The van der Waals surface area contributed by atoms with Crippen LogP contribution in [-0.4, -0.2) is 29.3 Å². The van der Waals surface area contributed by atoms with Gasteiger partial charge >= 0.3 is 0 Å². The molecule has 2 aromatic heterocycles. The smallest absolute Gasteiger partial charge is 0.225 e. The Labute approximate surface area is 153 Å². The Morgan fingerprint density at radius 3 is 2.92 bits per heavy atom. The number of hydrogen-bond acceptors (Lipinski definition) is 5. The van der Waals surface area contributed by atoms with Crippen LogP contribution in [0.3, 0.4) is 0 Å². The second kappa shape index (κ2) is 7.83. The van der Waals surface area contributed by atoms with Gasteiger partial charge in [-0.3, -0.25) is 0 Å². The van der Waals surface area contributed by atoms with Crippen LogP contribution in [0.25, 0.3) is 10.2 Å². The number of allylic oxidation sites excluding steroid dienone is 1. The minimum absolute atomic E-state index is 0.313. The number of aromatic nitrogens is 2. The summed E-state index contributed by atoms with van der Waals surface area (Å²) in [5, 5.41) is 1.16. The maximum absolute atomic E-state index is 6.35. The Morgan fingerprint density at radius 2 is 2.08 bits per heavy atom. The van der Waals surface area contributed by atoms with Crippen LogP contribution in [0.1, 0.15) is 61.8 Å². The van der Waals surface area contributed by atoms with E-state index in [4.69, 9.17) is 9.47 Å². The van der Waals surface area contributed by atoms with Crippen LogP contribution >= 0.6 is 11.3 Å². The van der Waals surface area contributed by atoms with Crippen molar-refractivity contribution in [2.75, 3.05) is 13.2 Å². The van der Waals surface area contributed by atoms with Crippen molar-refractivity contribution in [1.29, 1.82) is 0 Å². The summed E-state index contributed by atoms with van der Waals surface area (Å²) in [6, 6.07) is 0. The normalized spacial score (nSPS) is 21.2. The summed E-state index contributed by atoms with van der Waals surface area (Å²) >= 11 is 1.81. The topological polar surface area (TPSA) is 44.2 Å². The molecule has 0 N–H and O–H groups in total. The molecule has 134 valence electrons. The maximum atomic E-state index is 6.35. The Bertz CT molecular complexity index is 749. The third kappa shape index (κ3) is 3.58. The van der Waals surface area contributed by atoms with Gasteiger partial charge in [0.2, 0.25) is 5.88 Å². The molecule has 1 saturated carbocycles. The highest BCUT2D eigenvalue weighted by atomic mass is 32.1. The monoisotopic (exact) mass is 358 g/mol. The van der Waals surface area contributed by atoms with E-state index in [1.807, 2.05) is 24.3 Å². The fourth-order valence-electron chi connectivity index (χ4n) is 4.01. The van der Waals surface area contributed by atoms with Gasteiger partial charge in [0.05, 0.1) is 18.6 Å². The second-order valence-electron chi connectivity index (χ2n) is 7.02. The van der Waals surface area contributed by atoms with E-state index in [2.05, 4.69) is 16.0 Å². The number of nitrogens with zero attached hydrogens (tertiary/aromatic N) is 2. The predicted octanol–water partition coefficient (Wildman–Crippen LogP) is 5.03. The molecule has 1 atom stereocenters. The highest BCUT2D eigenvalue weighted by Gasteiger charge is 2.30. The predicted molar refractivity (Wildman–Crippen MR) is 102 cm³/mol. The summed E-state index contributed by atoms with van der Waals surface area (Å²) < 4.78 is 12.2. The average Bonchev–Trinajstić information content (AvgIpc) is 3.19. The van der Waals surface area contributed by atoms with Crippen molar-refractivity contribution in [2.24, 2.45) is 0 Å². The van der Waals surface area contributed by atoms with Crippen molar-refractivity contribution in [3.05, 3.63) is 28.9 Å². The molecule has 0 radical (unpaired) electrons. The maximum Gasteiger partial charge on any atom is 0.225 e. The molecule has 5 heteroatoms. The summed E-state index contributed by atoms with van der Waals surface area (Å²) in [6.45, 7) is 3.48. The number of fused-ring (bicyclic) bond motifs is 3. The lowest BCUT2D eigenvalue weighted by atomic mass is 9.97. The Kier molecular flexibility index (Phi) is 5.32. The van der Waals surface area contributed by atoms with Crippen molar-refractivity contribution in [2.45, 2.75) is 63.9 Å². The molecule has 0 unspecified atom stereocenters. The number of hydrogen-bond donors (Lipinski definition) is 0. The van der Waals surface area contributed by atoms with Gasteiger partial charge < -0.3 is 9.47 Å². The van der Waals surface area contributed by atoms with Gasteiger partial charge in [-0.15, -0.1) is 11.3 Å². The third-order valence-electron chi connectivity index (χ3n) is 5.29. The molecule has 2 aromatic rings. The minimum atomic E-state index is 0.313. The summed E-state index contributed by atoms with van der Waals surface area (Å²) in [6.07, 6.45) is 14.5. The standard InChI is InChI=1S/C20H26N2O2S/c1-2-3-11-23-12-14-9-10-16-17(14)18-19(21-13-22-20(18)25-16)24-15-7-5-4-6-8-15/h2-3,13-15H,4-12H2,1H3/b3-2+/t14-/m1/s1. The summed E-state index contributed by atoms with van der Waals surface area (Å²) in [5.41, 5.74) is 1.40. The quantitative estimate of drug-likeness (QED) is 0.537. The fraction of sp³-hybridized carbons (Fsp3) is 0.600. The molecule has 0 spiro atoms. The first kappa shape index (κ1) is 17.0. The molecular weight excluding hydrogens is 332 g/mol. The van der Waals surface area contributed by atoms with E-state index in [-0.39, 0.29) is 0 Å². The molecule has 2 heterocycles. The molecule has 4 nitrogen and oxygen atoms in total. The van der Waals surface area contributed by atoms with E-state index in [9.17, 15) is 0 Å². The van der Waals surface area contributed by atoms with Crippen LogP contribution in [0.2, 0.25) is 0 Å². The zero-order valence-corrected chi connectivity index (χ0v) is 15.7. The van der Waals surface area contributed by atoms with Crippen molar-refractivity contribution < 1.29 is 9.47 Å².